The number of phenols is 1. The molecular formula is C14H12NO3+. The number of nitrogens with zero attached hydrogens (tertiary/aromatic N) is 1. The Bertz CT molecular complexity index is 588. The minimum absolute atomic E-state index is 0.183. The van der Waals surface area contributed by atoms with E-state index in [1.807, 2.05) is 0 Å². The highest BCUT2D eigenvalue weighted by Gasteiger charge is 2.06. The molecule has 2 rings (SSSR count). The van der Waals surface area contributed by atoms with Crippen LogP contribution < -0.4 is 4.73 Å². The second-order valence-corrected chi connectivity index (χ2v) is 3.76. The molecule has 4 nitrogen and oxygen atoms in total. The lowest BCUT2D eigenvalue weighted by atomic mass is 10.1. The van der Waals surface area contributed by atoms with E-state index in [9.17, 15) is 10.0 Å². The van der Waals surface area contributed by atoms with Crippen molar-refractivity contribution < 1.29 is 19.8 Å². The van der Waals surface area contributed by atoms with Gasteiger partial charge in [0.2, 0.25) is 12.4 Å². The second kappa shape index (κ2) is 5.14. The van der Waals surface area contributed by atoms with Crippen molar-refractivity contribution in [1.82, 2.24) is 0 Å². The van der Waals surface area contributed by atoms with Crippen LogP contribution in [0, 0.1) is 0 Å². The molecule has 0 radical (unpaired) electrons. The quantitative estimate of drug-likeness (QED) is 0.373. The zero-order valence-electron chi connectivity index (χ0n) is 9.52. The van der Waals surface area contributed by atoms with Crippen LogP contribution in [0.1, 0.15) is 15.9 Å². The van der Waals surface area contributed by atoms with Crippen LogP contribution in [0.2, 0.25) is 0 Å². The number of carbonyl (C=O) groups excluding carboxylic acids is 1. The largest absolute Gasteiger partial charge is 0.508 e. The molecule has 0 amide bonds. The van der Waals surface area contributed by atoms with Crippen LogP contribution in [0.25, 0.3) is 6.08 Å². The van der Waals surface area contributed by atoms with Crippen LogP contribution in [-0.4, -0.2) is 16.1 Å². The van der Waals surface area contributed by atoms with E-state index in [0.717, 1.165) is 10.3 Å². The van der Waals surface area contributed by atoms with E-state index < -0.39 is 0 Å². The maximum atomic E-state index is 11.8. The number of hydrogen-bond acceptors (Lipinski definition) is 3. The van der Waals surface area contributed by atoms with E-state index >= 15 is 0 Å². The first-order valence-corrected chi connectivity index (χ1v) is 5.37. The van der Waals surface area contributed by atoms with Gasteiger partial charge in [0.1, 0.15) is 5.75 Å². The lowest BCUT2D eigenvalue weighted by molar-refractivity contribution is -0.904. The van der Waals surface area contributed by atoms with Gasteiger partial charge in [0.05, 0.1) is 5.56 Å². The van der Waals surface area contributed by atoms with Crippen LogP contribution in [0.3, 0.4) is 0 Å². The summed E-state index contributed by atoms with van der Waals surface area (Å²) in [5.41, 5.74) is 1.21. The van der Waals surface area contributed by atoms with Crippen molar-refractivity contribution in [2.24, 2.45) is 0 Å². The van der Waals surface area contributed by atoms with Crippen LogP contribution in [0.15, 0.2) is 54.9 Å². The molecule has 4 heteroatoms. The zero-order valence-corrected chi connectivity index (χ0v) is 9.52. The molecule has 0 spiro atoms. The van der Waals surface area contributed by atoms with E-state index in [1.165, 1.54) is 18.5 Å². The number of pyridine rings is 1. The second-order valence-electron chi connectivity index (χ2n) is 3.76. The lowest BCUT2D eigenvalue weighted by Gasteiger charge is -1.94. The Labute approximate surface area is 104 Å². The number of phenolic OH excluding ortho intramolecular Hbond substituents is 1. The Hall–Kier alpha value is -2.62. The highest BCUT2D eigenvalue weighted by Crippen LogP contribution is 2.11. The van der Waals surface area contributed by atoms with Crippen LogP contribution in [0.5, 0.6) is 5.75 Å². The minimum Gasteiger partial charge on any atom is -0.508 e. The van der Waals surface area contributed by atoms with Gasteiger partial charge in [-0.2, -0.15) is 0 Å². The molecule has 0 saturated heterocycles. The Morgan fingerprint density at radius 1 is 1.17 bits per heavy atom. The number of benzene rings is 1. The number of ketones is 1. The van der Waals surface area contributed by atoms with Gasteiger partial charge >= 0.3 is 0 Å². The number of hydrogen-bond donors (Lipinski definition) is 2. The fourth-order valence-electron chi connectivity index (χ4n) is 1.46. The van der Waals surface area contributed by atoms with Crippen molar-refractivity contribution in [1.29, 1.82) is 0 Å². The Morgan fingerprint density at radius 2 is 1.89 bits per heavy atom. The molecule has 18 heavy (non-hydrogen) atoms. The van der Waals surface area contributed by atoms with E-state index in [0.29, 0.717) is 5.56 Å². The zero-order chi connectivity index (χ0) is 13.0. The summed E-state index contributed by atoms with van der Waals surface area (Å²) in [4.78, 5) is 11.8. The standard InChI is InChI=1S/C14H11NO3/c16-13-6-3-11(4-7-13)5-8-14(17)12-2-1-9-15(18)10-12/h1-10H,(H-,16,17,18)/p+1. The summed E-state index contributed by atoms with van der Waals surface area (Å²) in [5, 5.41) is 18.3. The summed E-state index contributed by atoms with van der Waals surface area (Å²) in [6, 6.07) is 9.72. The van der Waals surface area contributed by atoms with Gasteiger partial charge in [0.25, 0.3) is 0 Å². The summed E-state index contributed by atoms with van der Waals surface area (Å²) < 4.78 is 0.835. The van der Waals surface area contributed by atoms with Gasteiger partial charge < -0.3 is 5.11 Å². The van der Waals surface area contributed by atoms with Crippen molar-refractivity contribution in [3.8, 4) is 5.75 Å². The summed E-state index contributed by atoms with van der Waals surface area (Å²) in [6.07, 6.45) is 5.84. The van der Waals surface area contributed by atoms with Crippen LogP contribution >= 0.6 is 0 Å². The monoisotopic (exact) mass is 242 g/mol. The maximum absolute atomic E-state index is 11.8. The third kappa shape index (κ3) is 2.95. The molecule has 0 saturated carbocycles. The molecule has 90 valence electrons. The maximum Gasteiger partial charge on any atom is 0.233 e. The Kier molecular flexibility index (Phi) is 3.38. The van der Waals surface area contributed by atoms with E-state index in [2.05, 4.69) is 0 Å². The summed E-state index contributed by atoms with van der Waals surface area (Å²) in [7, 11) is 0. The summed E-state index contributed by atoms with van der Waals surface area (Å²) >= 11 is 0. The molecule has 2 aromatic rings. The number of aromatic hydroxyl groups is 1. The molecule has 0 aliphatic heterocycles. The van der Waals surface area contributed by atoms with Crippen LogP contribution in [0.4, 0.5) is 0 Å². The normalized spacial score (nSPS) is 10.7. The Balaban J connectivity index is 2.14. The van der Waals surface area contributed by atoms with E-state index in [-0.39, 0.29) is 11.5 Å². The molecule has 1 aromatic heterocycles. The van der Waals surface area contributed by atoms with Gasteiger partial charge in [0, 0.05) is 10.8 Å². The molecule has 0 aliphatic rings. The van der Waals surface area contributed by atoms with Gasteiger partial charge in [-0.15, -0.1) is 0 Å². The average molecular weight is 242 g/mol. The van der Waals surface area contributed by atoms with Gasteiger partial charge in [-0.25, -0.2) is 0 Å². The van der Waals surface area contributed by atoms with Gasteiger partial charge in [-0.05, 0) is 29.8 Å². The highest BCUT2D eigenvalue weighted by atomic mass is 16.5. The third-order valence-electron chi connectivity index (χ3n) is 2.39. The third-order valence-corrected chi connectivity index (χ3v) is 2.39. The molecule has 0 atom stereocenters. The SMILES string of the molecule is O=C(C=Cc1ccc(O)cc1)c1ccc[n+](O)c1. The fraction of sp³-hybridized carbons (Fsp3) is 0. The van der Waals surface area contributed by atoms with Crippen LogP contribution in [-0.2, 0) is 0 Å². The molecule has 0 fully saturated rings. The van der Waals surface area contributed by atoms with Crippen molar-refractivity contribution in [3.05, 3.63) is 66.0 Å². The summed E-state index contributed by atoms with van der Waals surface area (Å²) in [5.74, 6) is -0.0191. The van der Waals surface area contributed by atoms with Crippen molar-refractivity contribution in [2.75, 3.05) is 0 Å². The molecule has 1 heterocycles. The highest BCUT2D eigenvalue weighted by molar-refractivity contribution is 6.06. The smallest absolute Gasteiger partial charge is 0.233 e. The van der Waals surface area contributed by atoms with Crippen molar-refractivity contribution in [2.45, 2.75) is 0 Å². The topological polar surface area (TPSA) is 61.4 Å². The molecule has 0 unspecified atom stereocenters. The molecule has 2 N–H and O–H groups in total. The number of aromatic nitrogens is 1. The first-order valence-electron chi connectivity index (χ1n) is 5.37. The van der Waals surface area contributed by atoms with E-state index in [1.54, 1.807) is 42.5 Å². The van der Waals surface area contributed by atoms with E-state index in [4.69, 9.17) is 5.11 Å². The number of allylic oxidation sites excluding steroid dienone is 1. The minimum atomic E-state index is -0.202. The van der Waals surface area contributed by atoms with Gasteiger partial charge in [0.15, 0.2) is 5.78 Å². The molecular weight excluding hydrogens is 230 g/mol. The predicted molar refractivity (Wildman–Crippen MR) is 65.3 cm³/mol. The first-order chi connectivity index (χ1) is 8.65. The molecule has 1 aromatic carbocycles. The molecule has 0 aliphatic carbocycles. The summed E-state index contributed by atoms with van der Waals surface area (Å²) in [6.45, 7) is 0. The van der Waals surface area contributed by atoms with Gasteiger partial charge in [-0.1, -0.05) is 18.2 Å². The predicted octanol–water partition coefficient (Wildman–Crippen LogP) is 1.81. The Morgan fingerprint density at radius 3 is 2.56 bits per heavy atom. The van der Waals surface area contributed by atoms with Gasteiger partial charge in [-0.3, -0.25) is 10.0 Å². The van der Waals surface area contributed by atoms with Crippen molar-refractivity contribution in [3.63, 3.8) is 0 Å². The lowest BCUT2D eigenvalue weighted by Crippen LogP contribution is -2.29. The molecule has 0 bridgehead atoms. The number of carbonyl (C=O) groups is 1. The fourth-order valence-corrected chi connectivity index (χ4v) is 1.46. The average Bonchev–Trinajstić information content (AvgIpc) is 2.38. The number of rotatable bonds is 3. The first kappa shape index (κ1) is 11.9. The van der Waals surface area contributed by atoms with Crippen molar-refractivity contribution >= 4 is 11.9 Å².